The Morgan fingerprint density at radius 3 is 2.91 bits per heavy atom. The maximum atomic E-state index is 5.20. The SMILES string of the molecule is c1ccc2c(c1)nc(NC1CCNCC1)n2Cc1ccoc1. The molecule has 2 aromatic heterocycles. The first-order chi connectivity index (χ1) is 10.9. The minimum Gasteiger partial charge on any atom is -0.472 e. The third-order valence-corrected chi connectivity index (χ3v) is 4.25. The fraction of sp³-hybridized carbons (Fsp3) is 0.353. The fourth-order valence-electron chi connectivity index (χ4n) is 3.06. The molecular weight excluding hydrogens is 276 g/mol. The number of anilines is 1. The number of benzene rings is 1. The maximum absolute atomic E-state index is 5.20. The van der Waals surface area contributed by atoms with E-state index in [0.29, 0.717) is 6.04 Å². The zero-order valence-electron chi connectivity index (χ0n) is 12.5. The Balaban J connectivity index is 1.69. The molecule has 0 spiro atoms. The molecule has 3 aromatic rings. The zero-order chi connectivity index (χ0) is 14.8. The van der Waals surface area contributed by atoms with Crippen LogP contribution in [0, 0.1) is 0 Å². The molecule has 4 rings (SSSR count). The summed E-state index contributed by atoms with van der Waals surface area (Å²) in [6, 6.07) is 10.8. The van der Waals surface area contributed by atoms with Crippen LogP contribution in [-0.4, -0.2) is 28.7 Å². The second kappa shape index (κ2) is 5.85. The molecule has 0 atom stereocenters. The van der Waals surface area contributed by atoms with Gasteiger partial charge >= 0.3 is 0 Å². The van der Waals surface area contributed by atoms with E-state index in [1.807, 2.05) is 12.1 Å². The molecule has 0 unspecified atom stereocenters. The molecule has 1 saturated heterocycles. The summed E-state index contributed by atoms with van der Waals surface area (Å²) < 4.78 is 7.44. The van der Waals surface area contributed by atoms with Crippen molar-refractivity contribution in [3.8, 4) is 0 Å². The molecule has 114 valence electrons. The van der Waals surface area contributed by atoms with Crippen molar-refractivity contribution in [1.29, 1.82) is 0 Å². The van der Waals surface area contributed by atoms with Crippen LogP contribution >= 0.6 is 0 Å². The van der Waals surface area contributed by atoms with Gasteiger partial charge in [-0.05, 0) is 44.1 Å². The minimum atomic E-state index is 0.487. The highest BCUT2D eigenvalue weighted by molar-refractivity contribution is 5.78. The Morgan fingerprint density at radius 1 is 1.23 bits per heavy atom. The van der Waals surface area contributed by atoms with E-state index in [1.54, 1.807) is 12.5 Å². The number of nitrogens with one attached hydrogen (secondary N) is 2. The van der Waals surface area contributed by atoms with Gasteiger partial charge in [-0.15, -0.1) is 0 Å². The molecule has 0 saturated carbocycles. The smallest absolute Gasteiger partial charge is 0.204 e. The molecule has 1 aliphatic rings. The minimum absolute atomic E-state index is 0.487. The second-order valence-corrected chi connectivity index (χ2v) is 5.81. The summed E-state index contributed by atoms with van der Waals surface area (Å²) in [6.45, 7) is 2.91. The van der Waals surface area contributed by atoms with E-state index in [9.17, 15) is 0 Å². The lowest BCUT2D eigenvalue weighted by atomic mass is 10.1. The quantitative estimate of drug-likeness (QED) is 0.777. The summed E-state index contributed by atoms with van der Waals surface area (Å²) in [5.74, 6) is 0.953. The Labute approximate surface area is 129 Å². The number of furan rings is 1. The van der Waals surface area contributed by atoms with Crippen LogP contribution in [0.5, 0.6) is 0 Å². The van der Waals surface area contributed by atoms with Gasteiger partial charge in [0, 0.05) is 11.6 Å². The molecule has 2 N–H and O–H groups in total. The van der Waals surface area contributed by atoms with E-state index in [4.69, 9.17) is 9.40 Å². The fourth-order valence-corrected chi connectivity index (χ4v) is 3.06. The number of aromatic nitrogens is 2. The summed E-state index contributed by atoms with van der Waals surface area (Å²) in [5.41, 5.74) is 3.33. The first-order valence-electron chi connectivity index (χ1n) is 7.84. The van der Waals surface area contributed by atoms with Crippen molar-refractivity contribution < 1.29 is 4.42 Å². The molecule has 1 aliphatic heterocycles. The van der Waals surface area contributed by atoms with Gasteiger partial charge in [0.1, 0.15) is 0 Å². The van der Waals surface area contributed by atoms with Gasteiger partial charge < -0.3 is 19.6 Å². The number of hydrogen-bond acceptors (Lipinski definition) is 4. The van der Waals surface area contributed by atoms with Crippen LogP contribution in [0.4, 0.5) is 5.95 Å². The molecule has 0 bridgehead atoms. The third-order valence-electron chi connectivity index (χ3n) is 4.25. The van der Waals surface area contributed by atoms with Gasteiger partial charge in [-0.2, -0.15) is 0 Å². The maximum Gasteiger partial charge on any atom is 0.204 e. The van der Waals surface area contributed by atoms with Crippen LogP contribution in [-0.2, 0) is 6.54 Å². The van der Waals surface area contributed by atoms with Crippen molar-refractivity contribution >= 4 is 17.0 Å². The average Bonchev–Trinajstić information content (AvgIpc) is 3.18. The molecular formula is C17H20N4O. The molecule has 22 heavy (non-hydrogen) atoms. The molecule has 0 radical (unpaired) electrons. The summed E-state index contributed by atoms with van der Waals surface area (Å²) in [6.07, 6.45) is 5.78. The van der Waals surface area contributed by atoms with Crippen molar-refractivity contribution in [3.05, 3.63) is 48.4 Å². The number of para-hydroxylation sites is 2. The average molecular weight is 296 g/mol. The highest BCUT2D eigenvalue weighted by Crippen LogP contribution is 2.23. The molecule has 0 amide bonds. The third kappa shape index (κ3) is 2.60. The lowest BCUT2D eigenvalue weighted by molar-refractivity contribution is 0.476. The first kappa shape index (κ1) is 13.4. The monoisotopic (exact) mass is 296 g/mol. The van der Waals surface area contributed by atoms with Gasteiger partial charge in [0.05, 0.1) is 30.1 Å². The first-order valence-corrected chi connectivity index (χ1v) is 7.84. The number of piperidine rings is 1. The zero-order valence-corrected chi connectivity index (χ0v) is 12.5. The Kier molecular flexibility index (Phi) is 3.56. The van der Waals surface area contributed by atoms with Crippen LogP contribution in [0.2, 0.25) is 0 Å². The number of imidazole rings is 1. The number of nitrogens with zero attached hydrogens (tertiary/aromatic N) is 2. The van der Waals surface area contributed by atoms with E-state index in [-0.39, 0.29) is 0 Å². The topological polar surface area (TPSA) is 55.0 Å². The summed E-state index contributed by atoms with van der Waals surface area (Å²) in [7, 11) is 0. The highest BCUT2D eigenvalue weighted by atomic mass is 16.3. The summed E-state index contributed by atoms with van der Waals surface area (Å²) in [4.78, 5) is 4.79. The van der Waals surface area contributed by atoms with Crippen molar-refractivity contribution in [1.82, 2.24) is 14.9 Å². The van der Waals surface area contributed by atoms with E-state index in [1.165, 1.54) is 0 Å². The van der Waals surface area contributed by atoms with Gasteiger partial charge in [-0.1, -0.05) is 12.1 Å². The lowest BCUT2D eigenvalue weighted by Crippen LogP contribution is -2.36. The predicted octanol–water partition coefficient (Wildman–Crippen LogP) is 2.84. The number of rotatable bonds is 4. The number of hydrogen-bond donors (Lipinski definition) is 2. The number of fused-ring (bicyclic) bond motifs is 1. The summed E-state index contributed by atoms with van der Waals surface area (Å²) in [5, 5.41) is 7.03. The normalized spacial score (nSPS) is 16.2. The van der Waals surface area contributed by atoms with E-state index in [2.05, 4.69) is 33.4 Å². The van der Waals surface area contributed by atoms with E-state index in [0.717, 1.165) is 55.0 Å². The van der Waals surface area contributed by atoms with Crippen LogP contribution in [0.25, 0.3) is 11.0 Å². The Morgan fingerprint density at radius 2 is 2.09 bits per heavy atom. The standard InChI is InChI=1S/C17H20N4O/c1-2-4-16-15(3-1)20-17(19-14-5-8-18-9-6-14)21(16)11-13-7-10-22-12-13/h1-4,7,10,12,14,18H,5-6,8-9,11H2,(H,19,20). The van der Waals surface area contributed by atoms with Crippen molar-refractivity contribution in [2.45, 2.75) is 25.4 Å². The largest absolute Gasteiger partial charge is 0.472 e. The molecule has 1 fully saturated rings. The predicted molar refractivity (Wildman–Crippen MR) is 87.1 cm³/mol. The van der Waals surface area contributed by atoms with Crippen LogP contribution in [0.15, 0.2) is 47.3 Å². The van der Waals surface area contributed by atoms with Crippen LogP contribution in [0.3, 0.4) is 0 Å². The molecule has 1 aromatic carbocycles. The molecule has 5 heteroatoms. The second-order valence-electron chi connectivity index (χ2n) is 5.81. The highest BCUT2D eigenvalue weighted by Gasteiger charge is 2.17. The molecule has 5 nitrogen and oxygen atoms in total. The van der Waals surface area contributed by atoms with Crippen LogP contribution < -0.4 is 10.6 Å². The van der Waals surface area contributed by atoms with Gasteiger partial charge in [0.25, 0.3) is 0 Å². The van der Waals surface area contributed by atoms with Gasteiger partial charge in [-0.3, -0.25) is 0 Å². The Bertz CT molecular complexity index is 741. The van der Waals surface area contributed by atoms with E-state index >= 15 is 0 Å². The van der Waals surface area contributed by atoms with E-state index < -0.39 is 0 Å². The van der Waals surface area contributed by atoms with Crippen molar-refractivity contribution in [2.75, 3.05) is 18.4 Å². The van der Waals surface area contributed by atoms with Gasteiger partial charge in [-0.25, -0.2) is 4.98 Å². The van der Waals surface area contributed by atoms with Gasteiger partial charge in [0.2, 0.25) is 5.95 Å². The Hall–Kier alpha value is -2.27. The lowest BCUT2D eigenvalue weighted by Gasteiger charge is -2.24. The van der Waals surface area contributed by atoms with Crippen molar-refractivity contribution in [3.63, 3.8) is 0 Å². The van der Waals surface area contributed by atoms with Crippen molar-refractivity contribution in [2.24, 2.45) is 0 Å². The molecule has 0 aliphatic carbocycles. The molecule has 3 heterocycles. The van der Waals surface area contributed by atoms with Crippen LogP contribution in [0.1, 0.15) is 18.4 Å². The van der Waals surface area contributed by atoms with Gasteiger partial charge in [0.15, 0.2) is 0 Å². The summed E-state index contributed by atoms with van der Waals surface area (Å²) >= 11 is 0.